The van der Waals surface area contributed by atoms with Crippen molar-refractivity contribution < 1.29 is 13.2 Å². The molecule has 0 aliphatic rings. The summed E-state index contributed by atoms with van der Waals surface area (Å²) in [5.41, 5.74) is 0.254. The number of rotatable bonds is 5. The highest BCUT2D eigenvalue weighted by molar-refractivity contribution is 7.09. The van der Waals surface area contributed by atoms with Gasteiger partial charge in [-0.25, -0.2) is 0 Å². The number of hydrogen-bond acceptors (Lipinski definition) is 2. The number of hydrogen-bond donors (Lipinski definition) is 1. The summed E-state index contributed by atoms with van der Waals surface area (Å²) in [5.74, 6) is 0. The largest absolute Gasteiger partial charge is 0.416 e. The second kappa shape index (κ2) is 6.41. The Morgan fingerprint density at radius 3 is 2.40 bits per heavy atom. The minimum Gasteiger partial charge on any atom is -0.310 e. The molecule has 0 radical (unpaired) electrons. The van der Waals surface area contributed by atoms with Gasteiger partial charge in [0, 0.05) is 17.5 Å². The van der Waals surface area contributed by atoms with Crippen molar-refractivity contribution >= 4 is 11.3 Å². The number of nitrogens with one attached hydrogen (secondary N) is 1. The van der Waals surface area contributed by atoms with E-state index in [1.54, 1.807) is 11.3 Å². The van der Waals surface area contributed by atoms with Crippen molar-refractivity contribution in [3.05, 3.63) is 57.8 Å². The molecule has 1 N–H and O–H groups in total. The van der Waals surface area contributed by atoms with Crippen LogP contribution in [0.25, 0.3) is 0 Å². The van der Waals surface area contributed by atoms with Crippen LogP contribution in [0.3, 0.4) is 0 Å². The number of alkyl halides is 3. The van der Waals surface area contributed by atoms with Crippen LogP contribution < -0.4 is 5.32 Å². The molecule has 2 aromatic rings. The lowest BCUT2D eigenvalue weighted by Crippen LogP contribution is -2.27. The molecule has 1 heterocycles. The summed E-state index contributed by atoms with van der Waals surface area (Å²) in [4.78, 5) is 1.30. The summed E-state index contributed by atoms with van der Waals surface area (Å²) < 4.78 is 37.3. The summed E-state index contributed by atoms with van der Waals surface area (Å²) >= 11 is 1.71. The normalized spacial score (nSPS) is 13.4. The van der Waals surface area contributed by atoms with Crippen LogP contribution in [0, 0.1) is 0 Å². The molecule has 0 saturated heterocycles. The topological polar surface area (TPSA) is 12.0 Å². The van der Waals surface area contributed by atoms with Crippen molar-refractivity contribution in [2.45, 2.75) is 32.1 Å². The molecule has 0 aliphatic heterocycles. The maximum Gasteiger partial charge on any atom is 0.416 e. The Morgan fingerprint density at radius 2 is 1.85 bits per heavy atom. The van der Waals surface area contributed by atoms with Gasteiger partial charge < -0.3 is 5.32 Å². The lowest BCUT2D eigenvalue weighted by molar-refractivity contribution is -0.137. The third-order valence-corrected chi connectivity index (χ3v) is 3.92. The molecule has 0 amide bonds. The molecule has 1 unspecified atom stereocenters. The molecule has 0 bridgehead atoms. The van der Waals surface area contributed by atoms with Crippen LogP contribution in [0.4, 0.5) is 13.2 Å². The highest BCUT2D eigenvalue weighted by Crippen LogP contribution is 2.29. The molecular weight excluding hydrogens is 283 g/mol. The first-order valence-electron chi connectivity index (χ1n) is 6.37. The van der Waals surface area contributed by atoms with Crippen LogP contribution in [0.2, 0.25) is 0 Å². The van der Waals surface area contributed by atoms with E-state index in [2.05, 4.69) is 18.3 Å². The van der Waals surface area contributed by atoms with E-state index in [-0.39, 0.29) is 6.04 Å². The van der Waals surface area contributed by atoms with Gasteiger partial charge in [-0.2, -0.15) is 13.2 Å². The SMILES string of the molecule is CC(Cc1cccs1)NCc1ccc(C(F)(F)F)cc1. The Bertz CT molecular complexity index is 517. The van der Waals surface area contributed by atoms with Gasteiger partial charge in [0.1, 0.15) is 0 Å². The molecule has 0 aliphatic carbocycles. The molecule has 20 heavy (non-hydrogen) atoms. The quantitative estimate of drug-likeness (QED) is 0.858. The molecular formula is C15H16F3NS. The molecule has 108 valence electrons. The second-order valence-electron chi connectivity index (χ2n) is 4.76. The van der Waals surface area contributed by atoms with Gasteiger partial charge in [-0.1, -0.05) is 18.2 Å². The van der Waals surface area contributed by atoms with E-state index in [1.807, 2.05) is 11.4 Å². The van der Waals surface area contributed by atoms with Crippen molar-refractivity contribution in [3.63, 3.8) is 0 Å². The van der Waals surface area contributed by atoms with Gasteiger partial charge in [0.15, 0.2) is 0 Å². The van der Waals surface area contributed by atoms with E-state index in [4.69, 9.17) is 0 Å². The monoisotopic (exact) mass is 299 g/mol. The maximum atomic E-state index is 12.4. The standard InChI is InChI=1S/C15H16F3NS/c1-11(9-14-3-2-8-20-14)19-10-12-4-6-13(7-5-12)15(16,17)18/h2-8,11,19H,9-10H2,1H3. The second-order valence-corrected chi connectivity index (χ2v) is 5.79. The van der Waals surface area contributed by atoms with E-state index in [0.29, 0.717) is 6.54 Å². The molecule has 0 saturated carbocycles. The summed E-state index contributed by atoms with van der Waals surface area (Å²) in [5, 5.41) is 5.36. The van der Waals surface area contributed by atoms with Gasteiger partial charge in [0.05, 0.1) is 5.56 Å². The van der Waals surface area contributed by atoms with Gasteiger partial charge in [0.2, 0.25) is 0 Å². The van der Waals surface area contributed by atoms with E-state index in [9.17, 15) is 13.2 Å². The average molecular weight is 299 g/mol. The zero-order valence-corrected chi connectivity index (χ0v) is 11.9. The maximum absolute atomic E-state index is 12.4. The lowest BCUT2D eigenvalue weighted by atomic mass is 10.1. The Labute approximate surface area is 120 Å². The Balaban J connectivity index is 1.84. The zero-order valence-electron chi connectivity index (χ0n) is 11.1. The van der Waals surface area contributed by atoms with Crippen molar-refractivity contribution in [3.8, 4) is 0 Å². The van der Waals surface area contributed by atoms with Crippen LogP contribution in [0.15, 0.2) is 41.8 Å². The molecule has 0 spiro atoms. The predicted octanol–water partition coefficient (Wildman–Crippen LogP) is 4.49. The van der Waals surface area contributed by atoms with Crippen LogP contribution in [-0.4, -0.2) is 6.04 Å². The van der Waals surface area contributed by atoms with Crippen LogP contribution in [0.1, 0.15) is 22.9 Å². The summed E-state index contributed by atoms with van der Waals surface area (Å²) in [6.07, 6.45) is -3.34. The van der Waals surface area contributed by atoms with Crippen molar-refractivity contribution in [2.24, 2.45) is 0 Å². The third kappa shape index (κ3) is 4.35. The molecule has 2 rings (SSSR count). The molecule has 1 aromatic carbocycles. The lowest BCUT2D eigenvalue weighted by Gasteiger charge is -2.13. The number of thiophene rings is 1. The minimum atomic E-state index is -4.27. The Morgan fingerprint density at radius 1 is 1.15 bits per heavy atom. The van der Waals surface area contributed by atoms with Crippen LogP contribution in [-0.2, 0) is 19.1 Å². The van der Waals surface area contributed by atoms with Gasteiger partial charge in [-0.15, -0.1) is 11.3 Å². The smallest absolute Gasteiger partial charge is 0.310 e. The fourth-order valence-corrected chi connectivity index (χ4v) is 2.74. The fraction of sp³-hybridized carbons (Fsp3) is 0.333. The highest BCUT2D eigenvalue weighted by atomic mass is 32.1. The van der Waals surface area contributed by atoms with E-state index in [0.717, 1.165) is 24.1 Å². The first kappa shape index (κ1) is 15.1. The molecule has 0 fully saturated rings. The van der Waals surface area contributed by atoms with Crippen LogP contribution in [0.5, 0.6) is 0 Å². The van der Waals surface area contributed by atoms with Crippen molar-refractivity contribution in [1.82, 2.24) is 5.32 Å². The third-order valence-electron chi connectivity index (χ3n) is 3.02. The molecule has 5 heteroatoms. The molecule has 1 atom stereocenters. The molecule has 1 aromatic heterocycles. The summed E-state index contributed by atoms with van der Waals surface area (Å²) in [6.45, 7) is 2.65. The van der Waals surface area contributed by atoms with Crippen LogP contribution >= 0.6 is 11.3 Å². The van der Waals surface area contributed by atoms with Crippen molar-refractivity contribution in [2.75, 3.05) is 0 Å². The van der Waals surface area contributed by atoms with E-state index >= 15 is 0 Å². The average Bonchev–Trinajstić information content (AvgIpc) is 2.88. The van der Waals surface area contributed by atoms with Gasteiger partial charge in [-0.05, 0) is 42.5 Å². The highest BCUT2D eigenvalue weighted by Gasteiger charge is 2.29. The zero-order chi connectivity index (χ0) is 14.6. The number of benzene rings is 1. The van der Waals surface area contributed by atoms with Gasteiger partial charge in [-0.3, -0.25) is 0 Å². The van der Waals surface area contributed by atoms with Crippen molar-refractivity contribution in [1.29, 1.82) is 0 Å². The summed E-state index contributed by atoms with van der Waals surface area (Å²) in [6, 6.07) is 9.68. The van der Waals surface area contributed by atoms with E-state index in [1.165, 1.54) is 17.0 Å². The Kier molecular flexibility index (Phi) is 4.83. The Hall–Kier alpha value is -1.33. The summed E-state index contributed by atoms with van der Waals surface area (Å²) in [7, 11) is 0. The van der Waals surface area contributed by atoms with Gasteiger partial charge in [0.25, 0.3) is 0 Å². The first-order valence-corrected chi connectivity index (χ1v) is 7.25. The van der Waals surface area contributed by atoms with E-state index < -0.39 is 11.7 Å². The fourth-order valence-electron chi connectivity index (χ4n) is 1.91. The molecule has 1 nitrogen and oxygen atoms in total. The predicted molar refractivity (Wildman–Crippen MR) is 75.8 cm³/mol. The first-order chi connectivity index (χ1) is 9.45. The van der Waals surface area contributed by atoms with Gasteiger partial charge >= 0.3 is 6.18 Å². The number of halogens is 3. The minimum absolute atomic E-state index is 0.288.